The molecule has 0 radical (unpaired) electrons. The van der Waals surface area contributed by atoms with Gasteiger partial charge in [0.15, 0.2) is 0 Å². The van der Waals surface area contributed by atoms with Gasteiger partial charge in [-0.2, -0.15) is 0 Å². The van der Waals surface area contributed by atoms with E-state index in [2.05, 4.69) is 10.3 Å². The fourth-order valence-corrected chi connectivity index (χ4v) is 3.10. The number of carbonyl (C=O) groups excluding carboxylic acids is 2. The van der Waals surface area contributed by atoms with Crippen LogP contribution in [-0.4, -0.2) is 28.2 Å². The highest BCUT2D eigenvalue weighted by atomic mass is 19.1. The molecule has 2 heterocycles. The normalized spacial score (nSPS) is 16.7. The lowest BCUT2D eigenvalue weighted by molar-refractivity contribution is -0.119. The maximum absolute atomic E-state index is 13.4. The number of aromatic nitrogens is 1. The van der Waals surface area contributed by atoms with Crippen molar-refractivity contribution in [3.05, 3.63) is 65.2 Å². The molecular weight excluding hydrogens is 321 g/mol. The fraction of sp³-hybridized carbons (Fsp3) is 0.316. The summed E-state index contributed by atoms with van der Waals surface area (Å²) in [5.41, 5.74) is 1.89. The minimum Gasteiger partial charge on any atom is -0.351 e. The molecule has 1 saturated heterocycles. The van der Waals surface area contributed by atoms with Crippen LogP contribution in [0.3, 0.4) is 0 Å². The summed E-state index contributed by atoms with van der Waals surface area (Å²) in [6.45, 7) is 2.44. The molecule has 1 atom stereocenters. The lowest BCUT2D eigenvalue weighted by Gasteiger charge is -2.25. The summed E-state index contributed by atoms with van der Waals surface area (Å²) >= 11 is 0. The van der Waals surface area contributed by atoms with Crippen LogP contribution in [-0.2, 0) is 11.3 Å². The van der Waals surface area contributed by atoms with Crippen molar-refractivity contribution < 1.29 is 14.0 Å². The van der Waals surface area contributed by atoms with Crippen LogP contribution in [0.5, 0.6) is 0 Å². The number of hydrogen-bond donors (Lipinski definition) is 1. The third-order valence-electron chi connectivity index (χ3n) is 4.27. The highest BCUT2D eigenvalue weighted by Gasteiger charge is 2.31. The molecule has 1 aliphatic heterocycles. The molecule has 0 spiro atoms. The van der Waals surface area contributed by atoms with E-state index in [1.165, 1.54) is 19.1 Å². The maximum atomic E-state index is 13.4. The van der Waals surface area contributed by atoms with E-state index in [9.17, 15) is 14.0 Å². The third-order valence-corrected chi connectivity index (χ3v) is 4.27. The minimum absolute atomic E-state index is 0.115. The lowest BCUT2D eigenvalue weighted by atomic mass is 10.1. The van der Waals surface area contributed by atoms with E-state index < -0.39 is 5.82 Å². The number of nitrogens with one attached hydrogen (secondary N) is 1. The van der Waals surface area contributed by atoms with E-state index in [-0.39, 0.29) is 17.9 Å². The van der Waals surface area contributed by atoms with Gasteiger partial charge in [-0.05, 0) is 43.2 Å². The number of likely N-dealkylation sites (tertiary alicyclic amines) is 1. The van der Waals surface area contributed by atoms with E-state index in [1.54, 1.807) is 17.0 Å². The molecule has 1 aromatic heterocycles. The quantitative estimate of drug-likeness (QED) is 0.930. The van der Waals surface area contributed by atoms with Crippen molar-refractivity contribution in [3.63, 3.8) is 0 Å². The fourth-order valence-electron chi connectivity index (χ4n) is 3.10. The van der Waals surface area contributed by atoms with Crippen LogP contribution < -0.4 is 5.32 Å². The summed E-state index contributed by atoms with van der Waals surface area (Å²) in [4.78, 5) is 30.2. The molecule has 1 aliphatic rings. The first-order valence-electron chi connectivity index (χ1n) is 8.31. The second-order valence-corrected chi connectivity index (χ2v) is 6.13. The van der Waals surface area contributed by atoms with Crippen LogP contribution in [0, 0.1) is 5.82 Å². The standard InChI is InChI=1S/C19H20FN3O2/c1-13(24)21-12-16-7-3-8-17(22-16)18-9-4-10-23(18)19(25)14-5-2-6-15(20)11-14/h2-3,5-8,11,18H,4,9-10,12H2,1H3,(H,21,24)/t18-/m0/s1. The molecule has 5 nitrogen and oxygen atoms in total. The van der Waals surface area contributed by atoms with E-state index in [4.69, 9.17) is 0 Å². The van der Waals surface area contributed by atoms with Crippen LogP contribution in [0.15, 0.2) is 42.5 Å². The summed E-state index contributed by atoms with van der Waals surface area (Å²) in [6, 6.07) is 11.2. The van der Waals surface area contributed by atoms with Gasteiger partial charge in [0.2, 0.25) is 5.91 Å². The Morgan fingerprint density at radius 3 is 2.84 bits per heavy atom. The Labute approximate surface area is 145 Å². The van der Waals surface area contributed by atoms with Crippen molar-refractivity contribution in [2.75, 3.05) is 6.54 Å². The van der Waals surface area contributed by atoms with Crippen molar-refractivity contribution in [1.82, 2.24) is 15.2 Å². The Hall–Kier alpha value is -2.76. The van der Waals surface area contributed by atoms with Crippen molar-refractivity contribution >= 4 is 11.8 Å². The summed E-state index contributed by atoms with van der Waals surface area (Å²) in [5, 5.41) is 2.72. The van der Waals surface area contributed by atoms with Gasteiger partial charge in [0.05, 0.1) is 24.0 Å². The van der Waals surface area contributed by atoms with Gasteiger partial charge in [-0.25, -0.2) is 4.39 Å². The second-order valence-electron chi connectivity index (χ2n) is 6.13. The van der Waals surface area contributed by atoms with Gasteiger partial charge in [-0.3, -0.25) is 14.6 Å². The third kappa shape index (κ3) is 4.02. The van der Waals surface area contributed by atoms with Crippen molar-refractivity contribution in [1.29, 1.82) is 0 Å². The highest BCUT2D eigenvalue weighted by Crippen LogP contribution is 2.32. The number of hydrogen-bond acceptors (Lipinski definition) is 3. The Bertz CT molecular complexity index is 794. The first-order chi connectivity index (χ1) is 12.0. The van der Waals surface area contributed by atoms with E-state index in [0.29, 0.717) is 18.7 Å². The molecule has 25 heavy (non-hydrogen) atoms. The number of halogens is 1. The Morgan fingerprint density at radius 2 is 2.08 bits per heavy atom. The molecule has 1 fully saturated rings. The highest BCUT2D eigenvalue weighted by molar-refractivity contribution is 5.94. The van der Waals surface area contributed by atoms with E-state index >= 15 is 0 Å². The molecule has 2 amide bonds. The molecule has 2 aromatic rings. The molecule has 0 bridgehead atoms. The van der Waals surface area contributed by atoms with Crippen LogP contribution in [0.1, 0.15) is 47.6 Å². The van der Waals surface area contributed by atoms with E-state index in [1.807, 2.05) is 18.2 Å². The zero-order valence-electron chi connectivity index (χ0n) is 14.0. The second kappa shape index (κ2) is 7.42. The number of nitrogens with zero attached hydrogens (tertiary/aromatic N) is 2. The Balaban J connectivity index is 1.80. The van der Waals surface area contributed by atoms with Gasteiger partial charge in [0.25, 0.3) is 5.91 Å². The smallest absolute Gasteiger partial charge is 0.254 e. The number of benzene rings is 1. The minimum atomic E-state index is -0.419. The summed E-state index contributed by atoms with van der Waals surface area (Å²) < 4.78 is 13.4. The largest absolute Gasteiger partial charge is 0.351 e. The van der Waals surface area contributed by atoms with Crippen LogP contribution in [0.2, 0.25) is 0 Å². The summed E-state index contributed by atoms with van der Waals surface area (Å²) in [7, 11) is 0. The molecule has 6 heteroatoms. The molecule has 3 rings (SSSR count). The van der Waals surface area contributed by atoms with Gasteiger partial charge in [0.1, 0.15) is 5.82 Å². The van der Waals surface area contributed by atoms with Gasteiger partial charge in [-0.15, -0.1) is 0 Å². The molecule has 1 N–H and O–H groups in total. The van der Waals surface area contributed by atoms with Crippen LogP contribution in [0.25, 0.3) is 0 Å². The average molecular weight is 341 g/mol. The maximum Gasteiger partial charge on any atom is 0.254 e. The molecule has 0 saturated carbocycles. The van der Waals surface area contributed by atoms with Crippen molar-refractivity contribution in [2.24, 2.45) is 0 Å². The number of pyridine rings is 1. The SMILES string of the molecule is CC(=O)NCc1cccc([C@@H]2CCCN2C(=O)c2cccc(F)c2)n1. The van der Waals surface area contributed by atoms with E-state index in [0.717, 1.165) is 24.2 Å². The predicted molar refractivity (Wildman–Crippen MR) is 91.2 cm³/mol. The van der Waals surface area contributed by atoms with Crippen molar-refractivity contribution in [2.45, 2.75) is 32.4 Å². The molecule has 0 unspecified atom stereocenters. The Kier molecular flexibility index (Phi) is 5.07. The number of carbonyl (C=O) groups is 2. The predicted octanol–water partition coefficient (Wildman–Crippen LogP) is 2.83. The molecular formula is C19H20FN3O2. The monoisotopic (exact) mass is 341 g/mol. The van der Waals surface area contributed by atoms with Gasteiger partial charge >= 0.3 is 0 Å². The molecule has 1 aromatic carbocycles. The lowest BCUT2D eigenvalue weighted by Crippen LogP contribution is -2.31. The topological polar surface area (TPSA) is 62.3 Å². The summed E-state index contributed by atoms with van der Waals surface area (Å²) in [5.74, 6) is -0.718. The molecule has 0 aliphatic carbocycles. The first-order valence-corrected chi connectivity index (χ1v) is 8.31. The number of amides is 2. The number of rotatable bonds is 4. The van der Waals surface area contributed by atoms with Crippen molar-refractivity contribution in [3.8, 4) is 0 Å². The van der Waals surface area contributed by atoms with Gasteiger partial charge < -0.3 is 10.2 Å². The zero-order valence-corrected chi connectivity index (χ0v) is 14.0. The molecule has 130 valence electrons. The van der Waals surface area contributed by atoms with Gasteiger partial charge in [0, 0.05) is 19.0 Å². The zero-order chi connectivity index (χ0) is 17.8. The van der Waals surface area contributed by atoms with Gasteiger partial charge in [-0.1, -0.05) is 12.1 Å². The van der Waals surface area contributed by atoms with Crippen LogP contribution in [0.4, 0.5) is 4.39 Å². The Morgan fingerprint density at radius 1 is 1.28 bits per heavy atom. The van der Waals surface area contributed by atoms with Crippen LogP contribution >= 0.6 is 0 Å². The first kappa shape index (κ1) is 17.1. The average Bonchev–Trinajstić information content (AvgIpc) is 3.09. The summed E-state index contributed by atoms with van der Waals surface area (Å²) in [6.07, 6.45) is 1.70.